The van der Waals surface area contributed by atoms with Gasteiger partial charge in [0.05, 0.1) is 12.0 Å². The van der Waals surface area contributed by atoms with E-state index in [0.29, 0.717) is 24.8 Å². The molecule has 0 aliphatic carbocycles. The quantitative estimate of drug-likeness (QED) is 0.501. The molecule has 1 aromatic rings. The van der Waals surface area contributed by atoms with Gasteiger partial charge >= 0.3 is 11.8 Å². The summed E-state index contributed by atoms with van der Waals surface area (Å²) < 4.78 is 10.7. The van der Waals surface area contributed by atoms with Crippen LogP contribution in [-0.4, -0.2) is 79.3 Å². The van der Waals surface area contributed by atoms with Gasteiger partial charge in [-0.05, 0) is 52.0 Å². The zero-order valence-corrected chi connectivity index (χ0v) is 19.9. The van der Waals surface area contributed by atoms with Crippen LogP contribution in [0.15, 0.2) is 12.1 Å². The summed E-state index contributed by atoms with van der Waals surface area (Å²) in [6, 6.07) is 3.40. The summed E-state index contributed by atoms with van der Waals surface area (Å²) in [5, 5.41) is 11.2. The Morgan fingerprint density at radius 2 is 1.75 bits per heavy atom. The summed E-state index contributed by atoms with van der Waals surface area (Å²) in [4.78, 5) is 29.6. The van der Waals surface area contributed by atoms with Crippen molar-refractivity contribution in [3.63, 3.8) is 0 Å². The van der Waals surface area contributed by atoms with Crippen LogP contribution in [0.25, 0.3) is 0 Å². The van der Waals surface area contributed by atoms with Crippen molar-refractivity contribution in [3.05, 3.63) is 27.8 Å². The smallest absolute Gasteiger partial charge is 0.410 e. The van der Waals surface area contributed by atoms with Crippen LogP contribution >= 0.6 is 0 Å². The van der Waals surface area contributed by atoms with Crippen molar-refractivity contribution >= 4 is 17.5 Å². The van der Waals surface area contributed by atoms with Crippen molar-refractivity contribution in [2.75, 3.05) is 57.8 Å². The number of methoxy groups -OCH3 is 1. The fourth-order valence-electron chi connectivity index (χ4n) is 4.47. The lowest BCUT2D eigenvalue weighted by atomic mass is 9.95. The lowest BCUT2D eigenvalue weighted by Crippen LogP contribution is -2.51. The summed E-state index contributed by atoms with van der Waals surface area (Å²) in [7, 11) is 1.47. The highest BCUT2D eigenvalue weighted by Gasteiger charge is 2.29. The molecule has 2 aliphatic heterocycles. The van der Waals surface area contributed by atoms with Crippen molar-refractivity contribution in [3.8, 4) is 5.75 Å². The number of amides is 1. The van der Waals surface area contributed by atoms with E-state index in [2.05, 4.69) is 9.80 Å². The number of hydrogen-bond acceptors (Lipinski definition) is 7. The molecule has 2 heterocycles. The number of nitro groups is 1. The highest BCUT2D eigenvalue weighted by molar-refractivity contribution is 5.68. The average molecular weight is 449 g/mol. The van der Waals surface area contributed by atoms with Crippen molar-refractivity contribution in [1.82, 2.24) is 9.80 Å². The molecular weight excluding hydrogens is 412 g/mol. The zero-order valence-electron chi connectivity index (χ0n) is 19.9. The molecule has 0 spiro atoms. The SMILES string of the molecule is COc1cc(N2CCC(CN3CCN(C(=O)OC(C)(C)C)CC3)CC2)c(C)cc1[N+](=O)[O-]. The second-order valence-corrected chi connectivity index (χ2v) is 9.77. The molecule has 0 aromatic heterocycles. The predicted octanol–water partition coefficient (Wildman–Crippen LogP) is 3.68. The molecule has 32 heavy (non-hydrogen) atoms. The van der Waals surface area contributed by atoms with E-state index < -0.39 is 10.5 Å². The molecule has 0 radical (unpaired) electrons. The van der Waals surface area contributed by atoms with E-state index in [0.717, 1.165) is 56.8 Å². The highest BCUT2D eigenvalue weighted by atomic mass is 16.6. The maximum Gasteiger partial charge on any atom is 0.410 e. The fourth-order valence-corrected chi connectivity index (χ4v) is 4.47. The fraction of sp³-hybridized carbons (Fsp3) is 0.696. The number of nitro benzene ring substituents is 1. The van der Waals surface area contributed by atoms with Gasteiger partial charge in [0.25, 0.3) is 0 Å². The van der Waals surface area contributed by atoms with Crippen molar-refractivity contribution < 1.29 is 19.2 Å². The van der Waals surface area contributed by atoms with Crippen LogP contribution in [0, 0.1) is 23.0 Å². The first-order chi connectivity index (χ1) is 15.1. The highest BCUT2D eigenvalue weighted by Crippen LogP contribution is 2.36. The number of ether oxygens (including phenoxy) is 2. The van der Waals surface area contributed by atoms with Gasteiger partial charge in [-0.1, -0.05) is 0 Å². The van der Waals surface area contributed by atoms with Crippen LogP contribution in [0.5, 0.6) is 5.75 Å². The van der Waals surface area contributed by atoms with Gasteiger partial charge in [0, 0.05) is 63.6 Å². The third kappa shape index (κ3) is 6.03. The Morgan fingerprint density at radius 3 is 2.28 bits per heavy atom. The second kappa shape index (κ2) is 9.94. The first-order valence-electron chi connectivity index (χ1n) is 11.4. The Balaban J connectivity index is 1.49. The first kappa shape index (κ1) is 24.1. The lowest BCUT2D eigenvalue weighted by molar-refractivity contribution is -0.385. The van der Waals surface area contributed by atoms with Gasteiger partial charge in [0.2, 0.25) is 0 Å². The van der Waals surface area contributed by atoms with Crippen LogP contribution in [0.1, 0.15) is 39.2 Å². The molecule has 0 bridgehead atoms. The second-order valence-electron chi connectivity index (χ2n) is 9.77. The molecule has 2 aliphatic rings. The van der Waals surface area contributed by atoms with Gasteiger partial charge in [-0.25, -0.2) is 4.79 Å². The molecule has 1 aromatic carbocycles. The number of aryl methyl sites for hydroxylation is 1. The van der Waals surface area contributed by atoms with Crippen molar-refractivity contribution in [1.29, 1.82) is 0 Å². The van der Waals surface area contributed by atoms with Gasteiger partial charge in [0.15, 0.2) is 5.75 Å². The maximum absolute atomic E-state index is 12.2. The Kier molecular flexibility index (Phi) is 7.48. The molecule has 0 unspecified atom stereocenters. The molecule has 9 heteroatoms. The minimum absolute atomic E-state index is 0.00848. The van der Waals surface area contributed by atoms with E-state index in [1.807, 2.05) is 27.7 Å². The van der Waals surface area contributed by atoms with Crippen molar-refractivity contribution in [2.24, 2.45) is 5.92 Å². The maximum atomic E-state index is 12.2. The largest absolute Gasteiger partial charge is 0.490 e. The minimum Gasteiger partial charge on any atom is -0.490 e. The van der Waals surface area contributed by atoms with Crippen LogP contribution in [0.4, 0.5) is 16.2 Å². The Bertz CT molecular complexity index is 822. The normalized spacial score (nSPS) is 18.5. The number of anilines is 1. The van der Waals surface area contributed by atoms with Gasteiger partial charge < -0.3 is 19.3 Å². The molecule has 2 fully saturated rings. The van der Waals surface area contributed by atoms with Crippen LogP contribution in [-0.2, 0) is 4.74 Å². The number of piperidine rings is 1. The molecule has 3 rings (SSSR count). The third-order valence-corrected chi connectivity index (χ3v) is 6.19. The number of benzene rings is 1. The van der Waals surface area contributed by atoms with E-state index in [-0.39, 0.29) is 11.8 Å². The Morgan fingerprint density at radius 1 is 1.12 bits per heavy atom. The number of carbonyl (C=O) groups excluding carboxylic acids is 1. The average Bonchev–Trinajstić information content (AvgIpc) is 2.73. The number of carbonyl (C=O) groups is 1. The van der Waals surface area contributed by atoms with Crippen LogP contribution < -0.4 is 9.64 Å². The number of hydrogen-bond donors (Lipinski definition) is 0. The summed E-state index contributed by atoms with van der Waals surface area (Å²) in [6.45, 7) is 13.6. The number of piperazine rings is 1. The van der Waals surface area contributed by atoms with E-state index in [4.69, 9.17) is 9.47 Å². The van der Waals surface area contributed by atoms with Crippen LogP contribution in [0.3, 0.4) is 0 Å². The van der Waals surface area contributed by atoms with Gasteiger partial charge in [0.1, 0.15) is 5.60 Å². The molecule has 0 N–H and O–H groups in total. The molecule has 2 saturated heterocycles. The van der Waals surface area contributed by atoms with Gasteiger partial charge in [-0.2, -0.15) is 0 Å². The summed E-state index contributed by atoms with van der Waals surface area (Å²) in [5.74, 6) is 0.917. The van der Waals surface area contributed by atoms with Gasteiger partial charge in [-0.15, -0.1) is 0 Å². The van der Waals surface area contributed by atoms with Gasteiger partial charge in [-0.3, -0.25) is 15.0 Å². The number of rotatable bonds is 5. The zero-order chi connectivity index (χ0) is 23.5. The van der Waals surface area contributed by atoms with E-state index in [9.17, 15) is 14.9 Å². The molecule has 9 nitrogen and oxygen atoms in total. The third-order valence-electron chi connectivity index (χ3n) is 6.19. The van der Waals surface area contributed by atoms with Crippen molar-refractivity contribution in [2.45, 2.75) is 46.1 Å². The summed E-state index contributed by atoms with van der Waals surface area (Å²) >= 11 is 0. The summed E-state index contributed by atoms with van der Waals surface area (Å²) in [5.41, 5.74) is 1.45. The van der Waals surface area contributed by atoms with E-state index in [1.165, 1.54) is 7.11 Å². The number of nitrogens with zero attached hydrogens (tertiary/aromatic N) is 4. The lowest BCUT2D eigenvalue weighted by Gasteiger charge is -2.39. The topological polar surface area (TPSA) is 88.4 Å². The molecule has 178 valence electrons. The minimum atomic E-state index is -0.464. The Labute approximate surface area is 190 Å². The standard InChI is InChI=1S/C23H36N4O5/c1-17-14-20(27(29)30)21(31-5)15-19(17)25-8-6-18(7-9-25)16-24-10-12-26(13-11-24)22(28)32-23(2,3)4/h14-15,18H,6-13,16H2,1-5H3. The first-order valence-corrected chi connectivity index (χ1v) is 11.4. The van der Waals surface area contributed by atoms with E-state index >= 15 is 0 Å². The summed E-state index contributed by atoms with van der Waals surface area (Å²) in [6.07, 6.45) is 1.93. The molecular formula is C23H36N4O5. The molecule has 0 saturated carbocycles. The molecule has 1 amide bonds. The Hall–Kier alpha value is -2.55. The molecule has 0 atom stereocenters. The van der Waals surface area contributed by atoms with E-state index in [1.54, 1.807) is 17.0 Å². The predicted molar refractivity (Wildman–Crippen MR) is 124 cm³/mol. The monoisotopic (exact) mass is 448 g/mol. The van der Waals surface area contributed by atoms with Crippen LogP contribution in [0.2, 0.25) is 0 Å².